The van der Waals surface area contributed by atoms with Crippen molar-refractivity contribution in [1.82, 2.24) is 10.6 Å². The lowest BCUT2D eigenvalue weighted by Crippen LogP contribution is -2.39. The van der Waals surface area contributed by atoms with E-state index in [1.807, 2.05) is 0 Å². The Morgan fingerprint density at radius 1 is 1.30 bits per heavy atom. The summed E-state index contributed by atoms with van der Waals surface area (Å²) in [6.07, 6.45) is 6.75. The number of aliphatic carboxylic acids is 1. The van der Waals surface area contributed by atoms with Gasteiger partial charge in [-0.25, -0.2) is 0 Å². The van der Waals surface area contributed by atoms with E-state index in [0.717, 1.165) is 19.3 Å². The highest BCUT2D eigenvalue weighted by molar-refractivity contribution is 5.76. The number of carboxylic acids is 1. The van der Waals surface area contributed by atoms with E-state index in [2.05, 4.69) is 10.6 Å². The normalized spacial score (nSPS) is 29.9. The van der Waals surface area contributed by atoms with Crippen LogP contribution in [-0.4, -0.2) is 35.6 Å². The molecule has 0 aromatic rings. The second-order valence-corrected chi connectivity index (χ2v) is 6.41. The summed E-state index contributed by atoms with van der Waals surface area (Å²) in [6.45, 7) is 2.29. The molecule has 0 aromatic carbocycles. The van der Waals surface area contributed by atoms with E-state index >= 15 is 0 Å². The van der Waals surface area contributed by atoms with Crippen molar-refractivity contribution in [2.24, 2.45) is 11.8 Å². The maximum atomic E-state index is 11.9. The first-order valence-corrected chi connectivity index (χ1v) is 7.80. The lowest BCUT2D eigenvalue weighted by molar-refractivity contribution is -0.141. The third-order valence-electron chi connectivity index (χ3n) is 4.60. The maximum absolute atomic E-state index is 11.9. The van der Waals surface area contributed by atoms with Crippen LogP contribution in [0, 0.1) is 11.8 Å². The second kappa shape index (κ2) is 7.07. The largest absolute Gasteiger partial charge is 0.481 e. The van der Waals surface area contributed by atoms with E-state index in [0.29, 0.717) is 37.4 Å². The second-order valence-electron chi connectivity index (χ2n) is 6.41. The molecule has 0 spiro atoms. The summed E-state index contributed by atoms with van der Waals surface area (Å²) in [7, 11) is 0. The number of hydrogen-bond acceptors (Lipinski definition) is 3. The number of amides is 1. The number of carbonyl (C=O) groups excluding carboxylic acids is 1. The van der Waals surface area contributed by atoms with E-state index in [1.54, 1.807) is 6.92 Å². The van der Waals surface area contributed by atoms with Gasteiger partial charge in [0.15, 0.2) is 0 Å². The summed E-state index contributed by atoms with van der Waals surface area (Å²) in [5.74, 6) is -0.445. The van der Waals surface area contributed by atoms with Crippen LogP contribution in [-0.2, 0) is 9.59 Å². The van der Waals surface area contributed by atoms with Crippen LogP contribution < -0.4 is 10.6 Å². The molecule has 0 radical (unpaired) electrons. The molecule has 2 aliphatic rings. The third-order valence-corrected chi connectivity index (χ3v) is 4.60. The van der Waals surface area contributed by atoms with Crippen molar-refractivity contribution in [3.63, 3.8) is 0 Å². The first-order chi connectivity index (χ1) is 9.54. The number of piperidine rings is 1. The van der Waals surface area contributed by atoms with Crippen molar-refractivity contribution in [3.8, 4) is 0 Å². The van der Waals surface area contributed by atoms with Crippen LogP contribution in [0.4, 0.5) is 0 Å². The van der Waals surface area contributed by atoms with Crippen LogP contribution in [0.5, 0.6) is 0 Å². The molecular formula is C15H26N2O3. The minimum absolute atomic E-state index is 0.124. The van der Waals surface area contributed by atoms with Crippen molar-refractivity contribution < 1.29 is 14.7 Å². The van der Waals surface area contributed by atoms with E-state index in [1.165, 1.54) is 12.8 Å². The molecular weight excluding hydrogens is 256 g/mol. The molecule has 0 aromatic heterocycles. The summed E-state index contributed by atoms with van der Waals surface area (Å²) in [4.78, 5) is 22.5. The Labute approximate surface area is 120 Å². The summed E-state index contributed by atoms with van der Waals surface area (Å²) < 4.78 is 0. The predicted molar refractivity (Wildman–Crippen MR) is 76.3 cm³/mol. The number of carbonyl (C=O) groups is 2. The van der Waals surface area contributed by atoms with Crippen LogP contribution in [0.2, 0.25) is 0 Å². The Morgan fingerprint density at radius 3 is 2.55 bits per heavy atom. The smallest absolute Gasteiger partial charge is 0.306 e. The molecule has 0 aliphatic carbocycles. The van der Waals surface area contributed by atoms with Crippen molar-refractivity contribution >= 4 is 11.9 Å². The van der Waals surface area contributed by atoms with Gasteiger partial charge in [0.05, 0.1) is 5.92 Å². The van der Waals surface area contributed by atoms with Crippen LogP contribution in [0.25, 0.3) is 0 Å². The average Bonchev–Trinajstić information content (AvgIpc) is 2.73. The van der Waals surface area contributed by atoms with Crippen molar-refractivity contribution in [2.75, 3.05) is 6.54 Å². The molecule has 5 heteroatoms. The first-order valence-electron chi connectivity index (χ1n) is 7.80. The molecule has 20 heavy (non-hydrogen) atoms. The lowest BCUT2D eigenvalue weighted by atomic mass is 9.89. The molecule has 0 saturated carbocycles. The first kappa shape index (κ1) is 15.3. The van der Waals surface area contributed by atoms with Gasteiger partial charge >= 0.3 is 5.97 Å². The number of nitrogens with one attached hydrogen (secondary N) is 2. The van der Waals surface area contributed by atoms with Gasteiger partial charge < -0.3 is 15.7 Å². The monoisotopic (exact) mass is 282 g/mol. The Kier molecular flexibility index (Phi) is 5.40. The molecule has 2 heterocycles. The number of fused-ring (bicyclic) bond motifs is 2. The summed E-state index contributed by atoms with van der Waals surface area (Å²) in [6, 6.07) is 1.26. The fourth-order valence-corrected chi connectivity index (χ4v) is 3.44. The van der Waals surface area contributed by atoms with Gasteiger partial charge in [-0.1, -0.05) is 6.92 Å². The van der Waals surface area contributed by atoms with Crippen molar-refractivity contribution in [2.45, 2.75) is 64.0 Å². The van der Waals surface area contributed by atoms with E-state index in [9.17, 15) is 9.59 Å². The SMILES string of the molecule is CC(CCCNC(=O)CC1CC2CCC(C1)N2)C(=O)O. The van der Waals surface area contributed by atoms with Crippen LogP contribution in [0.1, 0.15) is 51.9 Å². The highest BCUT2D eigenvalue weighted by Gasteiger charge is 2.34. The lowest BCUT2D eigenvalue weighted by Gasteiger charge is -2.28. The molecule has 1 amide bonds. The standard InChI is InChI=1S/C15H26N2O3/c1-10(15(19)20)3-2-6-16-14(18)9-11-7-12-4-5-13(8-11)17-12/h10-13,17H,2-9H2,1H3,(H,16,18)(H,19,20). The minimum atomic E-state index is -0.762. The third kappa shape index (κ3) is 4.47. The van der Waals surface area contributed by atoms with Gasteiger partial charge in [0.1, 0.15) is 0 Å². The zero-order valence-corrected chi connectivity index (χ0v) is 12.2. The fourth-order valence-electron chi connectivity index (χ4n) is 3.44. The molecule has 114 valence electrons. The van der Waals surface area contributed by atoms with Gasteiger partial charge in [0, 0.05) is 25.0 Å². The molecule has 2 fully saturated rings. The van der Waals surface area contributed by atoms with Gasteiger partial charge in [-0.2, -0.15) is 0 Å². The minimum Gasteiger partial charge on any atom is -0.481 e. The van der Waals surface area contributed by atoms with Crippen LogP contribution in [0.15, 0.2) is 0 Å². The Hall–Kier alpha value is -1.10. The highest BCUT2D eigenvalue weighted by Crippen LogP contribution is 2.32. The van der Waals surface area contributed by atoms with Crippen molar-refractivity contribution in [3.05, 3.63) is 0 Å². The van der Waals surface area contributed by atoms with Crippen LogP contribution in [0.3, 0.4) is 0 Å². The summed E-state index contributed by atoms with van der Waals surface area (Å²) >= 11 is 0. The zero-order chi connectivity index (χ0) is 14.5. The van der Waals surface area contributed by atoms with Gasteiger partial charge in [-0.15, -0.1) is 0 Å². The molecule has 3 atom stereocenters. The summed E-state index contributed by atoms with van der Waals surface area (Å²) in [5.41, 5.74) is 0. The number of carboxylic acid groups (broad SMARTS) is 1. The molecule has 2 rings (SSSR count). The van der Waals surface area contributed by atoms with Gasteiger partial charge in [-0.3, -0.25) is 9.59 Å². The van der Waals surface area contributed by atoms with Gasteiger partial charge in [0.2, 0.25) is 5.91 Å². The number of rotatable bonds is 7. The van der Waals surface area contributed by atoms with Crippen molar-refractivity contribution in [1.29, 1.82) is 0 Å². The molecule has 2 bridgehead atoms. The highest BCUT2D eigenvalue weighted by atomic mass is 16.4. The molecule has 3 N–H and O–H groups in total. The van der Waals surface area contributed by atoms with E-state index < -0.39 is 5.97 Å². The van der Waals surface area contributed by atoms with Crippen LogP contribution >= 0.6 is 0 Å². The van der Waals surface area contributed by atoms with E-state index in [-0.39, 0.29) is 11.8 Å². The van der Waals surface area contributed by atoms with Gasteiger partial charge in [-0.05, 0) is 44.4 Å². The topological polar surface area (TPSA) is 78.4 Å². The molecule has 2 saturated heterocycles. The quantitative estimate of drug-likeness (QED) is 0.619. The Morgan fingerprint density at radius 2 is 1.95 bits per heavy atom. The number of hydrogen-bond donors (Lipinski definition) is 3. The predicted octanol–water partition coefficient (Wildman–Crippen LogP) is 1.52. The van der Waals surface area contributed by atoms with E-state index in [4.69, 9.17) is 5.11 Å². The maximum Gasteiger partial charge on any atom is 0.306 e. The average molecular weight is 282 g/mol. The zero-order valence-electron chi connectivity index (χ0n) is 12.2. The molecule has 5 nitrogen and oxygen atoms in total. The molecule has 2 aliphatic heterocycles. The molecule has 3 unspecified atom stereocenters. The Bertz CT molecular complexity index is 347. The Balaban J connectivity index is 1.57. The van der Waals surface area contributed by atoms with Gasteiger partial charge in [0.25, 0.3) is 0 Å². The fraction of sp³-hybridized carbons (Fsp3) is 0.867. The summed E-state index contributed by atoms with van der Waals surface area (Å²) in [5, 5.41) is 15.3.